The van der Waals surface area contributed by atoms with Crippen LogP contribution in [0.3, 0.4) is 0 Å². The van der Waals surface area contributed by atoms with E-state index in [0.29, 0.717) is 17.4 Å². The van der Waals surface area contributed by atoms with Crippen molar-refractivity contribution in [2.45, 2.75) is 276 Å². The van der Waals surface area contributed by atoms with E-state index in [-0.39, 0.29) is 19.1 Å². The average molecular weight is 912 g/mol. The number of likely N-dealkylation sites (N-methyl/N-ethyl adjacent to an activating group) is 1. The van der Waals surface area contributed by atoms with Gasteiger partial charge in [-0.2, -0.15) is 0 Å². The van der Waals surface area contributed by atoms with E-state index in [1.165, 1.54) is 205 Å². The number of aliphatic hydroxyl groups excluding tert-OH is 1. The largest absolute Gasteiger partial charge is 0.472 e. The predicted molar refractivity (Wildman–Crippen MR) is 272 cm³/mol. The van der Waals surface area contributed by atoms with Crippen molar-refractivity contribution in [3.63, 3.8) is 0 Å². The molecule has 0 saturated carbocycles. The predicted octanol–water partition coefficient (Wildman–Crippen LogP) is 16.0. The van der Waals surface area contributed by atoms with Crippen LogP contribution in [-0.4, -0.2) is 73.4 Å². The summed E-state index contributed by atoms with van der Waals surface area (Å²) in [4.78, 5) is 23.2. The molecule has 0 heterocycles. The van der Waals surface area contributed by atoms with Gasteiger partial charge >= 0.3 is 7.82 Å². The zero-order valence-corrected chi connectivity index (χ0v) is 43.5. The minimum absolute atomic E-state index is 0.0634. The third-order valence-electron chi connectivity index (χ3n) is 12.4. The summed E-state index contributed by atoms with van der Waals surface area (Å²) in [7, 11) is 1.58. The first-order chi connectivity index (χ1) is 30.5. The van der Waals surface area contributed by atoms with Gasteiger partial charge in [0, 0.05) is 6.42 Å². The highest BCUT2D eigenvalue weighted by Crippen LogP contribution is 2.43. The Hall–Kier alpha value is -1.02. The van der Waals surface area contributed by atoms with E-state index in [0.717, 1.165) is 38.5 Å². The number of amides is 1. The molecular weight excluding hydrogens is 804 g/mol. The molecule has 0 fully saturated rings. The van der Waals surface area contributed by atoms with Gasteiger partial charge in [-0.05, 0) is 44.9 Å². The van der Waals surface area contributed by atoms with Crippen LogP contribution >= 0.6 is 7.82 Å². The van der Waals surface area contributed by atoms with Crippen molar-refractivity contribution in [3.05, 3.63) is 24.3 Å². The molecule has 0 aromatic rings. The molecule has 8 nitrogen and oxygen atoms in total. The van der Waals surface area contributed by atoms with Crippen LogP contribution in [0.2, 0.25) is 0 Å². The number of nitrogens with one attached hydrogen (secondary N) is 1. The molecule has 1 amide bonds. The Morgan fingerprint density at radius 1 is 0.524 bits per heavy atom. The second-order valence-corrected chi connectivity index (χ2v) is 21.4. The zero-order valence-electron chi connectivity index (χ0n) is 42.6. The number of hydrogen-bond acceptors (Lipinski definition) is 5. The second-order valence-electron chi connectivity index (χ2n) is 20.0. The number of unbranched alkanes of at least 4 members (excludes halogenated alkanes) is 35. The fraction of sp³-hybridized carbons (Fsp3) is 0.907. The number of phosphoric ester groups is 1. The molecule has 0 aliphatic carbocycles. The van der Waals surface area contributed by atoms with Crippen LogP contribution in [0.5, 0.6) is 0 Å². The zero-order chi connectivity index (χ0) is 46.4. The highest BCUT2D eigenvalue weighted by molar-refractivity contribution is 7.47. The van der Waals surface area contributed by atoms with Crippen molar-refractivity contribution < 1.29 is 32.9 Å². The molecule has 0 saturated heterocycles. The summed E-state index contributed by atoms with van der Waals surface area (Å²) in [6.07, 6.45) is 56.9. The molecule has 0 rings (SSSR count). The molecule has 0 spiro atoms. The lowest BCUT2D eigenvalue weighted by Gasteiger charge is -2.25. The summed E-state index contributed by atoms with van der Waals surface area (Å²) in [5.41, 5.74) is 0. The molecule has 0 aromatic heterocycles. The molecule has 63 heavy (non-hydrogen) atoms. The molecule has 0 aromatic carbocycles. The molecule has 3 unspecified atom stereocenters. The molecule has 3 atom stereocenters. The van der Waals surface area contributed by atoms with Gasteiger partial charge in [-0.1, -0.05) is 237 Å². The van der Waals surface area contributed by atoms with Crippen LogP contribution in [0.4, 0.5) is 0 Å². The van der Waals surface area contributed by atoms with E-state index >= 15 is 0 Å². The number of aliphatic hydroxyl groups is 1. The number of hydrogen-bond donors (Lipinski definition) is 3. The lowest BCUT2D eigenvalue weighted by atomic mass is 10.0. The Morgan fingerprint density at radius 2 is 0.857 bits per heavy atom. The monoisotopic (exact) mass is 912 g/mol. The van der Waals surface area contributed by atoms with Crippen molar-refractivity contribution in [2.24, 2.45) is 0 Å². The number of carbonyl (C=O) groups excluding carboxylic acids is 1. The number of allylic oxidation sites excluding steroid dienone is 3. The van der Waals surface area contributed by atoms with Crippen molar-refractivity contribution >= 4 is 13.7 Å². The molecule has 0 bridgehead atoms. The summed E-state index contributed by atoms with van der Waals surface area (Å²) >= 11 is 0. The number of phosphoric acid groups is 1. The van der Waals surface area contributed by atoms with Gasteiger partial charge in [-0.15, -0.1) is 0 Å². The van der Waals surface area contributed by atoms with E-state index < -0.39 is 20.0 Å². The van der Waals surface area contributed by atoms with E-state index in [1.807, 2.05) is 27.2 Å². The molecule has 0 aliphatic rings. The highest BCUT2D eigenvalue weighted by Gasteiger charge is 2.27. The van der Waals surface area contributed by atoms with E-state index in [1.54, 1.807) is 6.08 Å². The topological polar surface area (TPSA) is 105 Å². The lowest BCUT2D eigenvalue weighted by Crippen LogP contribution is -2.45. The van der Waals surface area contributed by atoms with Gasteiger partial charge < -0.3 is 19.8 Å². The first-order valence-electron chi connectivity index (χ1n) is 27.2. The normalized spacial score (nSPS) is 14.2. The minimum Gasteiger partial charge on any atom is -0.387 e. The van der Waals surface area contributed by atoms with Crippen molar-refractivity contribution in [1.29, 1.82) is 0 Å². The van der Waals surface area contributed by atoms with Crippen LogP contribution in [0.15, 0.2) is 24.3 Å². The SMILES string of the molecule is CCCCCCCCCC/C=C\CCCCCCCCCCCCCCCC(=O)NC(COP(=O)(O)OCC[N+](C)(C)C)C(O)/C=C/CCCCCCCCCCCCCCCC. The maximum Gasteiger partial charge on any atom is 0.472 e. The molecular formula is C54H108N2O6P+. The van der Waals surface area contributed by atoms with Crippen molar-refractivity contribution in [2.75, 3.05) is 40.9 Å². The number of rotatable bonds is 50. The first-order valence-corrected chi connectivity index (χ1v) is 28.7. The van der Waals surface area contributed by atoms with Crippen LogP contribution in [0.25, 0.3) is 0 Å². The quantitative estimate of drug-likeness (QED) is 0.0243. The molecule has 3 N–H and O–H groups in total. The van der Waals surface area contributed by atoms with Crippen LogP contribution in [0, 0.1) is 0 Å². The van der Waals surface area contributed by atoms with Crippen LogP contribution in [-0.2, 0) is 18.4 Å². The van der Waals surface area contributed by atoms with Gasteiger partial charge in [0.1, 0.15) is 13.2 Å². The molecule has 0 radical (unpaired) electrons. The highest BCUT2D eigenvalue weighted by atomic mass is 31.2. The van der Waals surface area contributed by atoms with E-state index in [2.05, 4.69) is 31.3 Å². The van der Waals surface area contributed by atoms with Gasteiger partial charge in [0.05, 0.1) is 39.9 Å². The maximum atomic E-state index is 12.9. The Morgan fingerprint density at radius 3 is 1.22 bits per heavy atom. The van der Waals surface area contributed by atoms with Gasteiger partial charge in [0.25, 0.3) is 0 Å². The van der Waals surface area contributed by atoms with Crippen molar-refractivity contribution in [3.8, 4) is 0 Å². The Kier molecular flexibility index (Phi) is 45.4. The standard InChI is InChI=1S/C54H107N2O6P/c1-6-8-10-12-14-16-18-20-22-24-25-26-27-28-29-30-31-32-34-36-38-40-42-44-46-48-54(58)55-52(51-62-63(59,60)61-50-49-56(3,4)5)53(57)47-45-43-41-39-37-35-33-23-21-19-17-15-13-11-9-7-2/h24-25,45,47,52-53,57H,6-23,26-44,46,48-51H2,1-5H3,(H-,55,58,59,60)/p+1/b25-24-,47-45+. The number of nitrogens with zero attached hydrogens (tertiary/aromatic N) is 1. The third-order valence-corrected chi connectivity index (χ3v) is 13.4. The van der Waals surface area contributed by atoms with Crippen LogP contribution in [0.1, 0.15) is 264 Å². The first kappa shape index (κ1) is 62.0. The van der Waals surface area contributed by atoms with Gasteiger partial charge in [-0.25, -0.2) is 4.57 Å². The molecule has 0 aliphatic heterocycles. The van der Waals surface area contributed by atoms with Gasteiger partial charge in [0.2, 0.25) is 5.91 Å². The lowest BCUT2D eigenvalue weighted by molar-refractivity contribution is -0.870. The summed E-state index contributed by atoms with van der Waals surface area (Å²) in [6.45, 7) is 4.84. The smallest absolute Gasteiger partial charge is 0.387 e. The number of carbonyl (C=O) groups is 1. The minimum atomic E-state index is -4.34. The van der Waals surface area contributed by atoms with Gasteiger partial charge in [0.15, 0.2) is 0 Å². The Labute approximate surface area is 392 Å². The third kappa shape index (κ3) is 48.7. The summed E-state index contributed by atoms with van der Waals surface area (Å²) in [5, 5.41) is 13.9. The summed E-state index contributed by atoms with van der Waals surface area (Å²) < 4.78 is 23.7. The summed E-state index contributed by atoms with van der Waals surface area (Å²) in [5.74, 6) is -0.174. The Bertz CT molecular complexity index is 1080. The fourth-order valence-electron chi connectivity index (χ4n) is 8.10. The maximum absolute atomic E-state index is 12.9. The molecule has 374 valence electrons. The molecule has 9 heteroatoms. The van der Waals surface area contributed by atoms with Gasteiger partial charge in [-0.3, -0.25) is 13.8 Å². The summed E-state index contributed by atoms with van der Waals surface area (Å²) in [6, 6.07) is -0.844. The number of quaternary nitrogens is 1. The van der Waals surface area contributed by atoms with E-state index in [4.69, 9.17) is 9.05 Å². The fourth-order valence-corrected chi connectivity index (χ4v) is 8.83. The van der Waals surface area contributed by atoms with Crippen LogP contribution < -0.4 is 5.32 Å². The average Bonchev–Trinajstić information content (AvgIpc) is 3.24. The van der Waals surface area contributed by atoms with Crippen molar-refractivity contribution in [1.82, 2.24) is 5.32 Å². The second kappa shape index (κ2) is 46.1. The van der Waals surface area contributed by atoms with E-state index in [9.17, 15) is 19.4 Å². The Balaban J connectivity index is 4.19.